The molecule has 1 saturated heterocycles. The van der Waals surface area contributed by atoms with Crippen LogP contribution in [0.1, 0.15) is 58.1 Å². The number of likely N-dealkylation sites (tertiary alicyclic amines) is 1. The SMILES string of the molecule is CCC1CCCCN1C(=O)CNC(c1ccc(OC)cc1)C(C)C. The summed E-state index contributed by atoms with van der Waals surface area (Å²) in [5.41, 5.74) is 1.20. The molecule has 1 fully saturated rings. The number of hydrogen-bond donors (Lipinski definition) is 1. The van der Waals surface area contributed by atoms with Crippen molar-refractivity contribution in [1.29, 1.82) is 0 Å². The van der Waals surface area contributed by atoms with Crippen LogP contribution < -0.4 is 10.1 Å². The summed E-state index contributed by atoms with van der Waals surface area (Å²) in [5.74, 6) is 1.51. The highest BCUT2D eigenvalue weighted by Gasteiger charge is 2.26. The van der Waals surface area contributed by atoms with Gasteiger partial charge in [0.25, 0.3) is 0 Å². The molecule has 24 heavy (non-hydrogen) atoms. The Hall–Kier alpha value is -1.55. The number of nitrogens with zero attached hydrogens (tertiary/aromatic N) is 1. The van der Waals surface area contributed by atoms with Crippen LogP contribution in [0, 0.1) is 5.92 Å². The van der Waals surface area contributed by atoms with E-state index in [4.69, 9.17) is 4.74 Å². The predicted molar refractivity (Wildman–Crippen MR) is 98.2 cm³/mol. The summed E-state index contributed by atoms with van der Waals surface area (Å²) < 4.78 is 5.23. The Bertz CT molecular complexity index is 513. The summed E-state index contributed by atoms with van der Waals surface area (Å²) in [5, 5.41) is 3.48. The van der Waals surface area contributed by atoms with E-state index in [0.717, 1.165) is 31.6 Å². The number of nitrogens with one attached hydrogen (secondary N) is 1. The summed E-state index contributed by atoms with van der Waals surface area (Å²) in [7, 11) is 1.68. The summed E-state index contributed by atoms with van der Waals surface area (Å²) in [6.07, 6.45) is 4.58. The second-order valence-corrected chi connectivity index (χ2v) is 7.02. The maximum atomic E-state index is 12.7. The van der Waals surface area contributed by atoms with Gasteiger partial charge in [0.15, 0.2) is 0 Å². The Labute approximate surface area is 146 Å². The van der Waals surface area contributed by atoms with E-state index in [1.165, 1.54) is 12.0 Å². The molecular weight excluding hydrogens is 300 g/mol. The predicted octanol–water partition coefficient (Wildman–Crippen LogP) is 3.77. The first-order valence-electron chi connectivity index (χ1n) is 9.23. The van der Waals surface area contributed by atoms with Crippen molar-refractivity contribution >= 4 is 5.91 Å². The molecule has 0 bridgehead atoms. The smallest absolute Gasteiger partial charge is 0.236 e. The summed E-state index contributed by atoms with van der Waals surface area (Å²) in [4.78, 5) is 14.8. The van der Waals surface area contributed by atoms with Gasteiger partial charge in [0.2, 0.25) is 5.91 Å². The average molecular weight is 332 g/mol. The highest BCUT2D eigenvalue weighted by Crippen LogP contribution is 2.24. The van der Waals surface area contributed by atoms with Crippen molar-refractivity contribution in [2.45, 2.75) is 58.5 Å². The topological polar surface area (TPSA) is 41.6 Å². The van der Waals surface area contributed by atoms with E-state index in [0.29, 0.717) is 18.5 Å². The van der Waals surface area contributed by atoms with E-state index in [9.17, 15) is 4.79 Å². The van der Waals surface area contributed by atoms with Crippen LogP contribution in [-0.2, 0) is 4.79 Å². The quantitative estimate of drug-likeness (QED) is 0.826. The molecule has 1 aromatic rings. The van der Waals surface area contributed by atoms with E-state index >= 15 is 0 Å². The van der Waals surface area contributed by atoms with Crippen molar-refractivity contribution in [3.05, 3.63) is 29.8 Å². The second kappa shape index (κ2) is 9.07. The zero-order chi connectivity index (χ0) is 17.5. The number of ether oxygens (including phenoxy) is 1. The Morgan fingerprint density at radius 3 is 2.58 bits per heavy atom. The molecule has 0 spiro atoms. The van der Waals surface area contributed by atoms with Gasteiger partial charge < -0.3 is 15.0 Å². The molecule has 0 aromatic heterocycles. The molecular formula is C20H32N2O2. The monoisotopic (exact) mass is 332 g/mol. The lowest BCUT2D eigenvalue weighted by molar-refractivity contribution is -0.134. The summed E-state index contributed by atoms with van der Waals surface area (Å²) in [6.45, 7) is 7.86. The fourth-order valence-electron chi connectivity index (χ4n) is 3.60. The lowest BCUT2D eigenvalue weighted by Crippen LogP contribution is -2.47. The van der Waals surface area contributed by atoms with Gasteiger partial charge in [-0.25, -0.2) is 0 Å². The fourth-order valence-corrected chi connectivity index (χ4v) is 3.60. The average Bonchev–Trinajstić information content (AvgIpc) is 2.61. The van der Waals surface area contributed by atoms with Gasteiger partial charge >= 0.3 is 0 Å². The van der Waals surface area contributed by atoms with Gasteiger partial charge in [0.05, 0.1) is 13.7 Å². The third kappa shape index (κ3) is 4.73. The number of benzene rings is 1. The third-order valence-corrected chi connectivity index (χ3v) is 5.03. The number of hydrogen-bond acceptors (Lipinski definition) is 3. The normalized spacial score (nSPS) is 19.4. The van der Waals surface area contributed by atoms with Gasteiger partial charge in [0, 0.05) is 18.6 Å². The molecule has 2 rings (SSSR count). The number of rotatable bonds is 7. The Balaban J connectivity index is 1.98. The summed E-state index contributed by atoms with van der Waals surface area (Å²) in [6, 6.07) is 8.71. The first-order chi connectivity index (χ1) is 11.6. The molecule has 1 N–H and O–H groups in total. The molecule has 4 nitrogen and oxygen atoms in total. The minimum Gasteiger partial charge on any atom is -0.497 e. The van der Waals surface area contributed by atoms with Crippen molar-refractivity contribution in [1.82, 2.24) is 10.2 Å². The molecule has 1 aliphatic heterocycles. The van der Waals surface area contributed by atoms with Gasteiger partial charge in [-0.1, -0.05) is 32.9 Å². The molecule has 2 unspecified atom stereocenters. The zero-order valence-corrected chi connectivity index (χ0v) is 15.5. The van der Waals surface area contributed by atoms with Crippen molar-refractivity contribution in [3.8, 4) is 5.75 Å². The standard InChI is InChI=1S/C20H32N2O2/c1-5-17-8-6-7-13-22(17)19(23)14-21-20(15(2)3)16-9-11-18(24-4)12-10-16/h9-12,15,17,20-21H,5-8,13-14H2,1-4H3. The molecule has 4 heteroatoms. The van der Waals surface area contributed by atoms with E-state index in [1.807, 2.05) is 12.1 Å². The molecule has 1 aliphatic rings. The van der Waals surface area contributed by atoms with Crippen LogP contribution in [0.3, 0.4) is 0 Å². The van der Waals surface area contributed by atoms with Crippen molar-refractivity contribution < 1.29 is 9.53 Å². The molecule has 134 valence electrons. The van der Waals surface area contributed by atoms with Crippen LogP contribution in [0.25, 0.3) is 0 Å². The van der Waals surface area contributed by atoms with E-state index < -0.39 is 0 Å². The number of amides is 1. The van der Waals surface area contributed by atoms with Gasteiger partial charge in [-0.05, 0) is 49.3 Å². The van der Waals surface area contributed by atoms with E-state index in [1.54, 1.807) is 7.11 Å². The lowest BCUT2D eigenvalue weighted by Gasteiger charge is -2.36. The van der Waals surface area contributed by atoms with Crippen LogP contribution in [0.4, 0.5) is 0 Å². The minimum absolute atomic E-state index is 0.171. The molecule has 0 radical (unpaired) electrons. The Morgan fingerprint density at radius 2 is 2.00 bits per heavy atom. The van der Waals surface area contributed by atoms with E-state index in [-0.39, 0.29) is 11.9 Å². The van der Waals surface area contributed by atoms with Crippen molar-refractivity contribution in [3.63, 3.8) is 0 Å². The van der Waals surface area contributed by atoms with E-state index in [2.05, 4.69) is 43.1 Å². The largest absolute Gasteiger partial charge is 0.497 e. The number of piperidine rings is 1. The first-order valence-corrected chi connectivity index (χ1v) is 9.23. The highest BCUT2D eigenvalue weighted by atomic mass is 16.5. The second-order valence-electron chi connectivity index (χ2n) is 7.02. The molecule has 0 saturated carbocycles. The lowest BCUT2D eigenvalue weighted by atomic mass is 9.95. The van der Waals surface area contributed by atoms with Crippen molar-refractivity contribution in [2.75, 3.05) is 20.2 Å². The van der Waals surface area contributed by atoms with Crippen LogP contribution in [0.5, 0.6) is 5.75 Å². The van der Waals surface area contributed by atoms with Crippen LogP contribution in [-0.4, -0.2) is 37.0 Å². The van der Waals surface area contributed by atoms with Crippen molar-refractivity contribution in [2.24, 2.45) is 5.92 Å². The summed E-state index contributed by atoms with van der Waals surface area (Å²) >= 11 is 0. The van der Waals surface area contributed by atoms with Gasteiger partial charge in [-0.3, -0.25) is 4.79 Å². The molecule has 1 aromatic carbocycles. The molecule has 1 amide bonds. The Kier molecular flexibility index (Phi) is 7.10. The van der Waals surface area contributed by atoms with Crippen LogP contribution >= 0.6 is 0 Å². The Morgan fingerprint density at radius 1 is 1.29 bits per heavy atom. The maximum absolute atomic E-state index is 12.7. The van der Waals surface area contributed by atoms with Crippen LogP contribution in [0.15, 0.2) is 24.3 Å². The zero-order valence-electron chi connectivity index (χ0n) is 15.5. The number of carbonyl (C=O) groups is 1. The van der Waals surface area contributed by atoms with Gasteiger partial charge in [-0.15, -0.1) is 0 Å². The third-order valence-electron chi connectivity index (χ3n) is 5.03. The first kappa shape index (κ1) is 18.8. The van der Waals surface area contributed by atoms with Gasteiger partial charge in [-0.2, -0.15) is 0 Å². The molecule has 0 aliphatic carbocycles. The van der Waals surface area contributed by atoms with Gasteiger partial charge in [0.1, 0.15) is 5.75 Å². The highest BCUT2D eigenvalue weighted by molar-refractivity contribution is 5.78. The van der Waals surface area contributed by atoms with Crippen LogP contribution in [0.2, 0.25) is 0 Å². The minimum atomic E-state index is 0.171. The molecule has 1 heterocycles. The fraction of sp³-hybridized carbons (Fsp3) is 0.650. The number of methoxy groups -OCH3 is 1. The number of carbonyl (C=O) groups excluding carboxylic acids is 1. The maximum Gasteiger partial charge on any atom is 0.236 e. The molecule has 2 atom stereocenters.